The number of rotatable bonds is 8. The number of hydrogen-bond acceptors (Lipinski definition) is 5. The summed E-state index contributed by atoms with van der Waals surface area (Å²) in [5.41, 5.74) is 1.48. The highest BCUT2D eigenvalue weighted by Gasteiger charge is 2.37. The fraction of sp³-hybridized carbons (Fsp3) is 0.348. The van der Waals surface area contributed by atoms with Crippen LogP contribution in [0.2, 0.25) is 0 Å². The Morgan fingerprint density at radius 3 is 2.74 bits per heavy atom. The van der Waals surface area contributed by atoms with Crippen molar-refractivity contribution in [3.63, 3.8) is 0 Å². The molecule has 1 aliphatic rings. The number of benzene rings is 1. The maximum absolute atomic E-state index is 13.2. The van der Waals surface area contributed by atoms with Crippen LogP contribution in [0.1, 0.15) is 37.8 Å². The summed E-state index contributed by atoms with van der Waals surface area (Å²) in [5, 5.41) is 9.88. The second-order valence-electron chi connectivity index (χ2n) is 7.58. The predicted molar refractivity (Wildman–Crippen MR) is 116 cm³/mol. The summed E-state index contributed by atoms with van der Waals surface area (Å²) in [6.07, 6.45) is 2.09. The van der Waals surface area contributed by atoms with Crippen molar-refractivity contribution in [3.8, 4) is 0 Å². The number of quaternary nitrogens is 1. The molecule has 0 spiro atoms. The number of furan rings is 2. The first-order valence-electron chi connectivity index (χ1n) is 10.6. The van der Waals surface area contributed by atoms with Gasteiger partial charge in [-0.2, -0.15) is 5.10 Å². The zero-order valence-corrected chi connectivity index (χ0v) is 17.8. The number of para-hydroxylation sites is 1. The zero-order valence-electron chi connectivity index (χ0n) is 17.8. The highest BCUT2D eigenvalue weighted by atomic mass is 16.3. The van der Waals surface area contributed by atoms with Crippen molar-refractivity contribution in [2.75, 3.05) is 26.2 Å². The lowest BCUT2D eigenvalue weighted by molar-refractivity contribution is -0.882. The van der Waals surface area contributed by atoms with Gasteiger partial charge in [0, 0.05) is 18.4 Å². The Kier molecular flexibility index (Phi) is 6.18. The molecule has 0 radical (unpaired) electrons. The third-order valence-corrected chi connectivity index (χ3v) is 5.43. The molecule has 1 unspecified atom stereocenters. The lowest BCUT2D eigenvalue weighted by Crippen LogP contribution is -3.14. The normalized spacial score (nSPS) is 17.0. The second kappa shape index (κ2) is 9.18. The topological polar surface area (TPSA) is 92.5 Å². The van der Waals surface area contributed by atoms with Crippen LogP contribution in [0.5, 0.6) is 0 Å². The summed E-state index contributed by atoms with van der Waals surface area (Å²) in [6, 6.07) is 13.0. The van der Waals surface area contributed by atoms with Crippen LogP contribution in [0.15, 0.2) is 62.7 Å². The molecule has 0 saturated carbocycles. The molecule has 3 heterocycles. The molecular formula is C23H27N4O4+. The van der Waals surface area contributed by atoms with Gasteiger partial charge in [0.1, 0.15) is 23.1 Å². The van der Waals surface area contributed by atoms with Gasteiger partial charge < -0.3 is 19.1 Å². The fourth-order valence-electron chi connectivity index (χ4n) is 3.81. The van der Waals surface area contributed by atoms with Crippen LogP contribution < -0.4 is 10.2 Å². The second-order valence-corrected chi connectivity index (χ2v) is 7.58. The molecule has 31 heavy (non-hydrogen) atoms. The lowest BCUT2D eigenvalue weighted by Gasteiger charge is -2.22. The molecule has 8 heteroatoms. The third-order valence-electron chi connectivity index (χ3n) is 5.43. The van der Waals surface area contributed by atoms with Crippen molar-refractivity contribution in [1.82, 2.24) is 10.3 Å². The van der Waals surface area contributed by atoms with E-state index in [1.807, 2.05) is 50.2 Å². The molecule has 0 fully saturated rings. The minimum absolute atomic E-state index is 0.0670. The Morgan fingerprint density at radius 1 is 1.19 bits per heavy atom. The standard InChI is InChI=1S/C23H26N4O4/c1-3-24-22(28)14-26(4-2)15-23(29)27-18(20-10-7-11-30-20)13-17(25-27)21-12-16-8-5-6-9-19(16)31-21/h5-12,18H,3-4,13-15H2,1-2H3,(H,24,28)/p+1/t18-/m0/s1. The van der Waals surface area contributed by atoms with Gasteiger partial charge in [-0.05, 0) is 38.1 Å². The maximum Gasteiger partial charge on any atom is 0.298 e. The van der Waals surface area contributed by atoms with E-state index in [0.717, 1.165) is 15.9 Å². The van der Waals surface area contributed by atoms with Crippen LogP contribution in [0.4, 0.5) is 0 Å². The average molecular weight is 423 g/mol. The number of likely N-dealkylation sites (N-methyl/N-ethyl adjacent to an activating group) is 2. The predicted octanol–water partition coefficient (Wildman–Crippen LogP) is 1.74. The lowest BCUT2D eigenvalue weighted by atomic mass is 10.1. The third kappa shape index (κ3) is 4.54. The summed E-state index contributed by atoms with van der Waals surface area (Å²) in [5.74, 6) is 1.09. The first-order valence-corrected chi connectivity index (χ1v) is 10.6. The van der Waals surface area contributed by atoms with Crippen LogP contribution in [0, 0.1) is 0 Å². The monoisotopic (exact) mass is 423 g/mol. The molecule has 2 atom stereocenters. The molecule has 3 aromatic rings. The summed E-state index contributed by atoms with van der Waals surface area (Å²) in [7, 11) is 0. The number of nitrogens with zero attached hydrogens (tertiary/aromatic N) is 2. The maximum atomic E-state index is 13.2. The minimum Gasteiger partial charge on any atom is -0.467 e. The number of fused-ring (bicyclic) bond motifs is 1. The van der Waals surface area contributed by atoms with Gasteiger partial charge in [0.25, 0.3) is 11.8 Å². The van der Waals surface area contributed by atoms with Gasteiger partial charge >= 0.3 is 0 Å². The highest BCUT2D eigenvalue weighted by molar-refractivity contribution is 6.03. The summed E-state index contributed by atoms with van der Waals surface area (Å²) in [4.78, 5) is 26.1. The zero-order chi connectivity index (χ0) is 21.8. The SMILES string of the molecule is CCNC(=O)C[NH+](CC)CC(=O)N1N=C(c2cc3ccccc3o2)C[C@H]1c1ccco1. The number of carbonyl (C=O) groups is 2. The van der Waals surface area contributed by atoms with Crippen molar-refractivity contribution >= 4 is 28.5 Å². The van der Waals surface area contributed by atoms with Gasteiger partial charge in [0.2, 0.25) is 0 Å². The Balaban J connectivity index is 1.57. The molecule has 0 saturated heterocycles. The van der Waals surface area contributed by atoms with E-state index in [4.69, 9.17) is 8.83 Å². The number of carbonyl (C=O) groups excluding carboxylic acids is 2. The largest absolute Gasteiger partial charge is 0.467 e. The molecule has 4 rings (SSSR count). The van der Waals surface area contributed by atoms with Crippen LogP contribution in [0.3, 0.4) is 0 Å². The van der Waals surface area contributed by atoms with E-state index in [1.54, 1.807) is 12.3 Å². The van der Waals surface area contributed by atoms with Gasteiger partial charge in [-0.3, -0.25) is 9.59 Å². The van der Waals surface area contributed by atoms with Crippen LogP contribution in [-0.4, -0.2) is 48.7 Å². The van der Waals surface area contributed by atoms with Gasteiger partial charge in [-0.15, -0.1) is 0 Å². The van der Waals surface area contributed by atoms with Crippen molar-refractivity contribution < 1.29 is 23.3 Å². The number of nitrogens with one attached hydrogen (secondary N) is 2. The molecule has 1 aliphatic heterocycles. The minimum atomic E-state index is -0.340. The van der Waals surface area contributed by atoms with Gasteiger partial charge in [-0.1, -0.05) is 18.2 Å². The first-order chi connectivity index (χ1) is 15.1. The van der Waals surface area contributed by atoms with E-state index in [0.29, 0.717) is 36.7 Å². The van der Waals surface area contributed by atoms with E-state index in [9.17, 15) is 9.59 Å². The Hall–Kier alpha value is -3.39. The van der Waals surface area contributed by atoms with E-state index in [1.165, 1.54) is 5.01 Å². The van der Waals surface area contributed by atoms with Crippen molar-refractivity contribution in [2.24, 2.45) is 5.10 Å². The smallest absolute Gasteiger partial charge is 0.298 e. The van der Waals surface area contributed by atoms with Gasteiger partial charge in [0.15, 0.2) is 18.8 Å². The first kappa shape index (κ1) is 20.9. The quantitative estimate of drug-likeness (QED) is 0.577. The van der Waals surface area contributed by atoms with E-state index in [-0.39, 0.29) is 30.9 Å². The summed E-state index contributed by atoms with van der Waals surface area (Å²) in [6.45, 7) is 5.47. The molecule has 2 N–H and O–H groups in total. The average Bonchev–Trinajstić information content (AvgIpc) is 3.51. The Bertz CT molecular complexity index is 1050. The molecular weight excluding hydrogens is 396 g/mol. The highest BCUT2D eigenvalue weighted by Crippen LogP contribution is 2.34. The fourth-order valence-corrected chi connectivity index (χ4v) is 3.81. The molecule has 2 aromatic heterocycles. The number of hydrogen-bond donors (Lipinski definition) is 2. The molecule has 0 aliphatic carbocycles. The van der Waals surface area contributed by atoms with Crippen LogP contribution >= 0.6 is 0 Å². The summed E-state index contributed by atoms with van der Waals surface area (Å²) >= 11 is 0. The van der Waals surface area contributed by atoms with Crippen molar-refractivity contribution in [1.29, 1.82) is 0 Å². The van der Waals surface area contributed by atoms with Crippen LogP contribution in [-0.2, 0) is 9.59 Å². The molecule has 162 valence electrons. The summed E-state index contributed by atoms with van der Waals surface area (Å²) < 4.78 is 11.6. The van der Waals surface area contributed by atoms with Crippen molar-refractivity contribution in [3.05, 3.63) is 60.2 Å². The molecule has 0 bridgehead atoms. The van der Waals surface area contributed by atoms with Gasteiger partial charge in [0.05, 0.1) is 12.8 Å². The number of hydrazone groups is 1. The number of amides is 2. The molecule has 8 nitrogen and oxygen atoms in total. The molecule has 2 amide bonds. The van der Waals surface area contributed by atoms with Crippen LogP contribution in [0.25, 0.3) is 11.0 Å². The Morgan fingerprint density at radius 2 is 2.03 bits per heavy atom. The Labute approximate surface area is 180 Å². The van der Waals surface area contributed by atoms with Gasteiger partial charge in [-0.25, -0.2) is 5.01 Å². The van der Waals surface area contributed by atoms with Crippen molar-refractivity contribution in [2.45, 2.75) is 26.3 Å². The van der Waals surface area contributed by atoms with E-state index >= 15 is 0 Å². The van der Waals surface area contributed by atoms with E-state index in [2.05, 4.69) is 10.4 Å². The molecule has 1 aromatic carbocycles. The van der Waals surface area contributed by atoms with E-state index < -0.39 is 0 Å².